The minimum atomic E-state index is -0.371. The van der Waals surface area contributed by atoms with Crippen LogP contribution in [0.15, 0.2) is 34.7 Å². The molecule has 0 bridgehead atoms. The van der Waals surface area contributed by atoms with Crippen molar-refractivity contribution in [3.05, 3.63) is 41.1 Å². The minimum absolute atomic E-state index is 0.371. The van der Waals surface area contributed by atoms with E-state index in [9.17, 15) is 5.11 Å². The van der Waals surface area contributed by atoms with Gasteiger partial charge in [0.05, 0.1) is 24.8 Å². The van der Waals surface area contributed by atoms with Gasteiger partial charge in [0, 0.05) is 12.1 Å². The molecule has 0 spiro atoms. The molecule has 0 saturated heterocycles. The maximum Gasteiger partial charge on any atom is 0.137 e. The summed E-state index contributed by atoms with van der Waals surface area (Å²) in [6.45, 7) is 2.85. The summed E-state index contributed by atoms with van der Waals surface area (Å²) >= 11 is 6.10. The van der Waals surface area contributed by atoms with Gasteiger partial charge in [-0.05, 0) is 37.3 Å². The van der Waals surface area contributed by atoms with Gasteiger partial charge < -0.3 is 19.6 Å². The lowest BCUT2D eigenvalue weighted by Gasteiger charge is -2.05. The number of hydrogen-bond donors (Lipinski definition) is 2. The standard InChI is InChI=1S/C15H18ClNO3/c1-10(18)8-17-9-12-4-6-14(20-12)11-3-5-15(19-2)13(16)7-11/h3-7,10,17-18H,8-9H2,1-2H3/t10-/m1/s1. The number of aliphatic hydroxyl groups is 1. The van der Waals surface area contributed by atoms with Gasteiger partial charge in [0.2, 0.25) is 0 Å². The van der Waals surface area contributed by atoms with Gasteiger partial charge in [0.15, 0.2) is 0 Å². The van der Waals surface area contributed by atoms with E-state index in [2.05, 4.69) is 5.32 Å². The molecular formula is C15H18ClNO3. The second kappa shape index (κ2) is 6.79. The Morgan fingerprint density at radius 2 is 2.15 bits per heavy atom. The van der Waals surface area contributed by atoms with E-state index < -0.39 is 0 Å². The Bertz CT molecular complexity index is 566. The maximum atomic E-state index is 9.17. The average Bonchev–Trinajstić information content (AvgIpc) is 2.87. The molecular weight excluding hydrogens is 278 g/mol. The maximum absolute atomic E-state index is 9.17. The number of nitrogens with one attached hydrogen (secondary N) is 1. The molecule has 108 valence electrons. The molecule has 5 heteroatoms. The molecule has 0 saturated carbocycles. The van der Waals surface area contributed by atoms with Crippen LogP contribution in [-0.4, -0.2) is 24.9 Å². The largest absolute Gasteiger partial charge is 0.495 e. The molecule has 0 amide bonds. The van der Waals surface area contributed by atoms with Crippen LogP contribution in [0.1, 0.15) is 12.7 Å². The van der Waals surface area contributed by atoms with Crippen molar-refractivity contribution in [1.82, 2.24) is 5.32 Å². The van der Waals surface area contributed by atoms with Crippen molar-refractivity contribution >= 4 is 11.6 Å². The van der Waals surface area contributed by atoms with Gasteiger partial charge in [-0.25, -0.2) is 0 Å². The van der Waals surface area contributed by atoms with Crippen molar-refractivity contribution in [3.63, 3.8) is 0 Å². The first-order valence-corrected chi connectivity index (χ1v) is 6.79. The Labute approximate surface area is 123 Å². The molecule has 1 aromatic carbocycles. The van der Waals surface area contributed by atoms with E-state index in [0.29, 0.717) is 23.9 Å². The number of methoxy groups -OCH3 is 1. The third-order valence-electron chi connectivity index (χ3n) is 2.84. The number of benzene rings is 1. The molecule has 0 aliphatic heterocycles. The molecule has 2 aromatic rings. The fraction of sp³-hybridized carbons (Fsp3) is 0.333. The Balaban J connectivity index is 2.06. The molecule has 0 radical (unpaired) electrons. The Hall–Kier alpha value is -1.49. The number of hydrogen-bond acceptors (Lipinski definition) is 4. The van der Waals surface area contributed by atoms with E-state index >= 15 is 0 Å². The highest BCUT2D eigenvalue weighted by Gasteiger charge is 2.08. The Kier molecular flexibility index (Phi) is 5.06. The van der Waals surface area contributed by atoms with Crippen molar-refractivity contribution < 1.29 is 14.3 Å². The predicted molar refractivity (Wildman–Crippen MR) is 79.1 cm³/mol. The highest BCUT2D eigenvalue weighted by atomic mass is 35.5. The van der Waals surface area contributed by atoms with Crippen LogP contribution in [0.4, 0.5) is 0 Å². The van der Waals surface area contributed by atoms with Crippen molar-refractivity contribution in [1.29, 1.82) is 0 Å². The first kappa shape index (κ1) is 14.9. The molecule has 0 unspecified atom stereocenters. The first-order chi connectivity index (χ1) is 9.60. The van der Waals surface area contributed by atoms with Crippen LogP contribution < -0.4 is 10.1 Å². The van der Waals surface area contributed by atoms with E-state index in [1.165, 1.54) is 0 Å². The summed E-state index contributed by atoms with van der Waals surface area (Å²) in [5, 5.41) is 12.8. The second-order valence-electron chi connectivity index (χ2n) is 4.60. The molecule has 20 heavy (non-hydrogen) atoms. The third-order valence-corrected chi connectivity index (χ3v) is 3.13. The van der Waals surface area contributed by atoms with Gasteiger partial charge in [-0.2, -0.15) is 0 Å². The lowest BCUT2D eigenvalue weighted by molar-refractivity contribution is 0.190. The van der Waals surface area contributed by atoms with Crippen LogP contribution in [0.5, 0.6) is 5.75 Å². The van der Waals surface area contributed by atoms with E-state index in [0.717, 1.165) is 17.1 Å². The number of rotatable bonds is 6. The number of furan rings is 1. The molecule has 1 aromatic heterocycles. The first-order valence-electron chi connectivity index (χ1n) is 6.41. The lowest BCUT2D eigenvalue weighted by Crippen LogP contribution is -2.23. The molecule has 2 N–H and O–H groups in total. The Morgan fingerprint density at radius 3 is 2.80 bits per heavy atom. The van der Waals surface area contributed by atoms with Crippen LogP contribution in [0.25, 0.3) is 11.3 Å². The molecule has 1 heterocycles. The fourth-order valence-corrected chi connectivity index (χ4v) is 2.11. The summed E-state index contributed by atoms with van der Waals surface area (Å²) in [5.41, 5.74) is 0.901. The summed E-state index contributed by atoms with van der Waals surface area (Å²) in [4.78, 5) is 0. The van der Waals surface area contributed by atoms with Crippen LogP contribution >= 0.6 is 11.6 Å². The molecule has 0 aliphatic carbocycles. The van der Waals surface area contributed by atoms with E-state index in [1.54, 1.807) is 14.0 Å². The van der Waals surface area contributed by atoms with E-state index in [4.69, 9.17) is 20.8 Å². The number of ether oxygens (including phenoxy) is 1. The Morgan fingerprint density at radius 1 is 1.35 bits per heavy atom. The number of aliphatic hydroxyl groups excluding tert-OH is 1. The zero-order chi connectivity index (χ0) is 14.5. The smallest absolute Gasteiger partial charge is 0.137 e. The van der Waals surface area contributed by atoms with E-state index in [-0.39, 0.29) is 6.10 Å². The normalized spacial score (nSPS) is 12.4. The van der Waals surface area contributed by atoms with Gasteiger partial charge in [-0.3, -0.25) is 0 Å². The SMILES string of the molecule is COc1ccc(-c2ccc(CNC[C@@H](C)O)o2)cc1Cl. The average molecular weight is 296 g/mol. The molecule has 0 fully saturated rings. The topological polar surface area (TPSA) is 54.6 Å². The summed E-state index contributed by atoms with van der Waals surface area (Å²) in [7, 11) is 1.58. The van der Waals surface area contributed by atoms with Gasteiger partial charge in [-0.15, -0.1) is 0 Å². The van der Waals surface area contributed by atoms with Gasteiger partial charge in [-0.1, -0.05) is 11.6 Å². The zero-order valence-electron chi connectivity index (χ0n) is 11.5. The summed E-state index contributed by atoms with van der Waals surface area (Å²) < 4.78 is 10.9. The molecule has 4 nitrogen and oxygen atoms in total. The highest BCUT2D eigenvalue weighted by molar-refractivity contribution is 6.32. The molecule has 1 atom stereocenters. The summed E-state index contributed by atoms with van der Waals surface area (Å²) in [5.74, 6) is 2.21. The second-order valence-corrected chi connectivity index (χ2v) is 5.00. The van der Waals surface area contributed by atoms with Gasteiger partial charge in [0.25, 0.3) is 0 Å². The fourth-order valence-electron chi connectivity index (χ4n) is 1.85. The molecule has 0 aliphatic rings. The zero-order valence-corrected chi connectivity index (χ0v) is 12.3. The lowest BCUT2D eigenvalue weighted by atomic mass is 10.2. The van der Waals surface area contributed by atoms with Gasteiger partial charge >= 0.3 is 0 Å². The monoisotopic (exact) mass is 295 g/mol. The van der Waals surface area contributed by atoms with Crippen molar-refractivity contribution in [3.8, 4) is 17.1 Å². The predicted octanol–water partition coefficient (Wildman–Crippen LogP) is 3.08. The summed E-state index contributed by atoms with van der Waals surface area (Å²) in [6, 6.07) is 9.33. The van der Waals surface area contributed by atoms with Crippen molar-refractivity contribution in [2.45, 2.75) is 19.6 Å². The number of halogens is 1. The van der Waals surface area contributed by atoms with Crippen LogP contribution in [-0.2, 0) is 6.54 Å². The molecule has 2 rings (SSSR count). The van der Waals surface area contributed by atoms with E-state index in [1.807, 2.05) is 30.3 Å². The third kappa shape index (κ3) is 3.76. The quantitative estimate of drug-likeness (QED) is 0.860. The minimum Gasteiger partial charge on any atom is -0.495 e. The van der Waals surface area contributed by atoms with Crippen molar-refractivity contribution in [2.24, 2.45) is 0 Å². The van der Waals surface area contributed by atoms with Crippen LogP contribution in [0.3, 0.4) is 0 Å². The van der Waals surface area contributed by atoms with Crippen molar-refractivity contribution in [2.75, 3.05) is 13.7 Å². The highest BCUT2D eigenvalue weighted by Crippen LogP contribution is 2.30. The van der Waals surface area contributed by atoms with Crippen LogP contribution in [0.2, 0.25) is 5.02 Å². The van der Waals surface area contributed by atoms with Crippen LogP contribution in [0, 0.1) is 0 Å². The van der Waals surface area contributed by atoms with Gasteiger partial charge in [0.1, 0.15) is 17.3 Å². The summed E-state index contributed by atoms with van der Waals surface area (Å²) in [6.07, 6.45) is -0.371.